The highest BCUT2D eigenvalue weighted by molar-refractivity contribution is 5.85. The van der Waals surface area contributed by atoms with Gasteiger partial charge in [-0.25, -0.2) is 9.97 Å². The van der Waals surface area contributed by atoms with Crippen molar-refractivity contribution in [1.82, 2.24) is 19.9 Å². The van der Waals surface area contributed by atoms with E-state index in [9.17, 15) is 4.79 Å². The Morgan fingerprint density at radius 1 is 1.33 bits per heavy atom. The molecular formula is C16H23Cl2N5O. The van der Waals surface area contributed by atoms with E-state index in [-0.39, 0.29) is 42.7 Å². The number of hydrogen-bond acceptors (Lipinski definition) is 4. The van der Waals surface area contributed by atoms with Crippen molar-refractivity contribution >= 4 is 30.7 Å². The molecule has 2 aromatic heterocycles. The molecule has 2 heterocycles. The van der Waals surface area contributed by atoms with Crippen molar-refractivity contribution < 1.29 is 4.79 Å². The van der Waals surface area contributed by atoms with E-state index in [1.54, 1.807) is 12.4 Å². The molecule has 0 spiro atoms. The summed E-state index contributed by atoms with van der Waals surface area (Å²) in [4.78, 5) is 20.7. The van der Waals surface area contributed by atoms with Crippen LogP contribution in [0.5, 0.6) is 0 Å². The molecule has 2 aromatic rings. The predicted molar refractivity (Wildman–Crippen MR) is 97.8 cm³/mol. The summed E-state index contributed by atoms with van der Waals surface area (Å²) >= 11 is 0. The summed E-state index contributed by atoms with van der Waals surface area (Å²) in [6.07, 6.45) is 8.04. The average Bonchev–Trinajstić information content (AvgIpc) is 3.14. The molecule has 0 saturated heterocycles. The van der Waals surface area contributed by atoms with Gasteiger partial charge in [-0.05, 0) is 37.8 Å². The van der Waals surface area contributed by atoms with Crippen molar-refractivity contribution in [3.63, 3.8) is 0 Å². The van der Waals surface area contributed by atoms with Crippen LogP contribution < -0.4 is 11.1 Å². The highest BCUT2D eigenvalue weighted by Gasteiger charge is 2.27. The fourth-order valence-corrected chi connectivity index (χ4v) is 2.87. The molecule has 8 heteroatoms. The molecule has 1 saturated carbocycles. The first-order chi connectivity index (χ1) is 10.6. The number of pyridine rings is 1. The zero-order valence-electron chi connectivity index (χ0n) is 13.5. The number of nitrogens with zero attached hydrogens (tertiary/aromatic N) is 3. The minimum absolute atomic E-state index is 0. The van der Waals surface area contributed by atoms with Gasteiger partial charge in [0.2, 0.25) is 5.91 Å². The van der Waals surface area contributed by atoms with Crippen molar-refractivity contribution in [2.75, 3.05) is 0 Å². The standard InChI is InChI=1S/C16H21N5O.2ClH/c1-11-18-6-7-21(11)15-5-2-12(9-19-15)10-20-16(22)13-3-4-14(17)8-13;;/h2,5-7,9,13-14H,3-4,8,10,17H2,1H3,(H,20,22);2*1H. The van der Waals surface area contributed by atoms with Crippen LogP contribution in [0.15, 0.2) is 30.7 Å². The summed E-state index contributed by atoms with van der Waals surface area (Å²) in [6, 6.07) is 4.08. The molecule has 6 nitrogen and oxygen atoms in total. The van der Waals surface area contributed by atoms with E-state index in [0.717, 1.165) is 36.5 Å². The van der Waals surface area contributed by atoms with E-state index < -0.39 is 0 Å². The molecule has 132 valence electrons. The van der Waals surface area contributed by atoms with Gasteiger partial charge in [0.15, 0.2) is 0 Å². The van der Waals surface area contributed by atoms with E-state index in [2.05, 4.69) is 15.3 Å². The summed E-state index contributed by atoms with van der Waals surface area (Å²) in [6.45, 7) is 2.43. The Balaban J connectivity index is 0.00000144. The van der Waals surface area contributed by atoms with Gasteiger partial charge < -0.3 is 11.1 Å². The molecule has 1 amide bonds. The van der Waals surface area contributed by atoms with Crippen LogP contribution in [0.25, 0.3) is 5.82 Å². The number of imidazole rings is 1. The third-order valence-corrected chi connectivity index (χ3v) is 4.19. The number of halogens is 2. The summed E-state index contributed by atoms with van der Waals surface area (Å²) < 4.78 is 1.92. The topological polar surface area (TPSA) is 85.8 Å². The second kappa shape index (κ2) is 9.01. The Kier molecular flexibility index (Phi) is 7.66. The minimum atomic E-state index is 0. The fourth-order valence-electron chi connectivity index (χ4n) is 2.87. The number of aromatic nitrogens is 3. The van der Waals surface area contributed by atoms with E-state index in [1.165, 1.54) is 0 Å². The number of amides is 1. The quantitative estimate of drug-likeness (QED) is 0.861. The predicted octanol–water partition coefficient (Wildman–Crippen LogP) is 2.16. The summed E-state index contributed by atoms with van der Waals surface area (Å²) in [5.41, 5.74) is 6.83. The van der Waals surface area contributed by atoms with Gasteiger partial charge in [0.25, 0.3) is 0 Å². The van der Waals surface area contributed by atoms with Crippen LogP contribution in [-0.4, -0.2) is 26.5 Å². The van der Waals surface area contributed by atoms with Gasteiger partial charge in [0.05, 0.1) is 0 Å². The first-order valence-electron chi connectivity index (χ1n) is 7.62. The van der Waals surface area contributed by atoms with Crippen LogP contribution in [0.3, 0.4) is 0 Å². The van der Waals surface area contributed by atoms with Crippen LogP contribution in [0.2, 0.25) is 0 Å². The van der Waals surface area contributed by atoms with E-state index in [1.807, 2.05) is 29.8 Å². The number of rotatable bonds is 4. The van der Waals surface area contributed by atoms with E-state index in [0.29, 0.717) is 6.54 Å². The molecule has 0 bridgehead atoms. The lowest BCUT2D eigenvalue weighted by Crippen LogP contribution is -2.30. The molecule has 3 rings (SSSR count). The number of nitrogens with one attached hydrogen (secondary N) is 1. The smallest absolute Gasteiger partial charge is 0.223 e. The molecule has 1 aliphatic carbocycles. The number of carbonyl (C=O) groups is 1. The van der Waals surface area contributed by atoms with Gasteiger partial charge in [0.1, 0.15) is 11.6 Å². The fraction of sp³-hybridized carbons (Fsp3) is 0.438. The largest absolute Gasteiger partial charge is 0.352 e. The highest BCUT2D eigenvalue weighted by atomic mass is 35.5. The molecule has 1 fully saturated rings. The summed E-state index contributed by atoms with van der Waals surface area (Å²) in [7, 11) is 0. The third kappa shape index (κ3) is 4.69. The Morgan fingerprint density at radius 3 is 2.67 bits per heavy atom. The normalized spacial score (nSPS) is 19.2. The summed E-state index contributed by atoms with van der Waals surface area (Å²) in [5, 5.41) is 2.97. The molecule has 0 aromatic carbocycles. The van der Waals surface area contributed by atoms with Gasteiger partial charge >= 0.3 is 0 Å². The Bertz CT molecular complexity index is 659. The maximum Gasteiger partial charge on any atom is 0.223 e. The lowest BCUT2D eigenvalue weighted by Gasteiger charge is -2.11. The first-order valence-corrected chi connectivity index (χ1v) is 7.62. The molecule has 0 aliphatic heterocycles. The van der Waals surface area contributed by atoms with Gasteiger partial charge in [0, 0.05) is 37.1 Å². The van der Waals surface area contributed by atoms with Crippen LogP contribution in [0.1, 0.15) is 30.7 Å². The Labute approximate surface area is 154 Å². The SMILES string of the molecule is Cc1nccn1-c1ccc(CNC(=O)C2CCC(N)C2)cn1.Cl.Cl. The van der Waals surface area contributed by atoms with Crippen molar-refractivity contribution in [3.05, 3.63) is 42.1 Å². The van der Waals surface area contributed by atoms with Crippen LogP contribution >= 0.6 is 24.8 Å². The van der Waals surface area contributed by atoms with Crippen molar-refractivity contribution in [1.29, 1.82) is 0 Å². The Hall–Kier alpha value is -1.63. The second-order valence-corrected chi connectivity index (χ2v) is 5.86. The maximum atomic E-state index is 12.1. The minimum Gasteiger partial charge on any atom is -0.352 e. The zero-order chi connectivity index (χ0) is 15.5. The molecule has 2 atom stereocenters. The monoisotopic (exact) mass is 371 g/mol. The highest BCUT2D eigenvalue weighted by Crippen LogP contribution is 2.24. The van der Waals surface area contributed by atoms with E-state index in [4.69, 9.17) is 5.73 Å². The second-order valence-electron chi connectivity index (χ2n) is 5.86. The molecule has 3 N–H and O–H groups in total. The van der Waals surface area contributed by atoms with E-state index >= 15 is 0 Å². The number of nitrogens with two attached hydrogens (primary N) is 1. The summed E-state index contributed by atoms with van der Waals surface area (Å²) in [5.74, 6) is 1.89. The van der Waals surface area contributed by atoms with Crippen LogP contribution in [0.4, 0.5) is 0 Å². The van der Waals surface area contributed by atoms with Gasteiger partial charge in [-0.1, -0.05) is 6.07 Å². The first kappa shape index (κ1) is 20.4. The lowest BCUT2D eigenvalue weighted by molar-refractivity contribution is -0.125. The lowest BCUT2D eigenvalue weighted by atomic mass is 10.1. The molecule has 24 heavy (non-hydrogen) atoms. The van der Waals surface area contributed by atoms with Crippen molar-refractivity contribution in [2.24, 2.45) is 11.7 Å². The zero-order valence-corrected chi connectivity index (χ0v) is 15.1. The average molecular weight is 372 g/mol. The molecule has 1 aliphatic rings. The van der Waals surface area contributed by atoms with Crippen LogP contribution in [-0.2, 0) is 11.3 Å². The Morgan fingerprint density at radius 2 is 2.12 bits per heavy atom. The van der Waals surface area contributed by atoms with Crippen LogP contribution in [0, 0.1) is 12.8 Å². The number of aryl methyl sites for hydroxylation is 1. The molecule has 2 unspecified atom stereocenters. The van der Waals surface area contributed by atoms with Gasteiger partial charge in [-0.3, -0.25) is 9.36 Å². The molecule has 0 radical (unpaired) electrons. The molecular weight excluding hydrogens is 349 g/mol. The van der Waals surface area contributed by atoms with Crippen molar-refractivity contribution in [2.45, 2.75) is 38.8 Å². The third-order valence-electron chi connectivity index (χ3n) is 4.19. The van der Waals surface area contributed by atoms with Crippen molar-refractivity contribution in [3.8, 4) is 5.82 Å². The van der Waals surface area contributed by atoms with Gasteiger partial charge in [-0.2, -0.15) is 0 Å². The van der Waals surface area contributed by atoms with Gasteiger partial charge in [-0.15, -0.1) is 24.8 Å². The number of hydrogen-bond donors (Lipinski definition) is 2. The number of carbonyl (C=O) groups excluding carboxylic acids is 1. The maximum absolute atomic E-state index is 12.1.